The lowest BCUT2D eigenvalue weighted by molar-refractivity contribution is 0.660. The zero-order valence-electron chi connectivity index (χ0n) is 9.77. The van der Waals surface area contributed by atoms with E-state index in [2.05, 4.69) is 29.2 Å². The number of rotatable bonds is 4. The lowest BCUT2D eigenvalue weighted by Crippen LogP contribution is -2.10. The summed E-state index contributed by atoms with van der Waals surface area (Å²) in [5.41, 5.74) is 1.10. The van der Waals surface area contributed by atoms with Crippen molar-refractivity contribution in [1.29, 1.82) is 0 Å². The first-order chi connectivity index (χ1) is 7.74. The molecule has 0 aliphatic carbocycles. The molecule has 86 valence electrons. The van der Waals surface area contributed by atoms with Crippen molar-refractivity contribution in [1.82, 2.24) is 20.1 Å². The summed E-state index contributed by atoms with van der Waals surface area (Å²) in [5, 5.41) is 8.50. The molecule has 0 amide bonds. The van der Waals surface area contributed by atoms with E-state index in [1.165, 1.54) is 4.88 Å². The summed E-state index contributed by atoms with van der Waals surface area (Å²) in [7, 11) is 1.96. The Morgan fingerprint density at radius 2 is 2.31 bits per heavy atom. The van der Waals surface area contributed by atoms with Crippen LogP contribution in [0, 0.1) is 0 Å². The van der Waals surface area contributed by atoms with Crippen LogP contribution in [0.1, 0.15) is 24.8 Å². The highest BCUT2D eigenvalue weighted by atomic mass is 32.1. The van der Waals surface area contributed by atoms with Crippen LogP contribution in [0.4, 0.5) is 0 Å². The topological polar surface area (TPSA) is 42.7 Å². The minimum Gasteiger partial charge on any atom is -0.312 e. The van der Waals surface area contributed by atoms with Gasteiger partial charge in [0.2, 0.25) is 0 Å². The van der Waals surface area contributed by atoms with Crippen molar-refractivity contribution < 1.29 is 0 Å². The van der Waals surface area contributed by atoms with E-state index in [0.717, 1.165) is 17.1 Å². The molecular weight excluding hydrogens is 220 g/mol. The minimum absolute atomic E-state index is 0.354. The van der Waals surface area contributed by atoms with E-state index in [1.807, 2.05) is 30.3 Å². The van der Waals surface area contributed by atoms with E-state index in [-0.39, 0.29) is 0 Å². The van der Waals surface area contributed by atoms with Gasteiger partial charge in [-0.2, -0.15) is 5.10 Å². The van der Waals surface area contributed by atoms with Gasteiger partial charge >= 0.3 is 0 Å². The lowest BCUT2D eigenvalue weighted by Gasteiger charge is -2.04. The third-order valence-corrected chi connectivity index (χ3v) is 3.82. The molecule has 0 aliphatic heterocycles. The molecule has 0 radical (unpaired) electrons. The number of nitrogens with zero attached hydrogens (tertiary/aromatic N) is 3. The van der Waals surface area contributed by atoms with Crippen molar-refractivity contribution in [3.05, 3.63) is 23.5 Å². The molecule has 0 aliphatic rings. The summed E-state index contributed by atoms with van der Waals surface area (Å²) in [4.78, 5) is 5.68. The number of aryl methyl sites for hydroxylation is 1. The van der Waals surface area contributed by atoms with Crippen molar-refractivity contribution in [3.8, 4) is 10.6 Å². The van der Waals surface area contributed by atoms with Crippen LogP contribution in [0.15, 0.2) is 18.6 Å². The number of hydrogen-bond donors (Lipinski definition) is 1. The molecule has 1 unspecified atom stereocenters. The van der Waals surface area contributed by atoms with Crippen LogP contribution in [0.2, 0.25) is 0 Å². The van der Waals surface area contributed by atoms with Gasteiger partial charge in [-0.15, -0.1) is 11.3 Å². The van der Waals surface area contributed by atoms with Gasteiger partial charge in [0.15, 0.2) is 0 Å². The van der Waals surface area contributed by atoms with E-state index in [1.54, 1.807) is 11.3 Å². The van der Waals surface area contributed by atoms with Crippen molar-refractivity contribution >= 4 is 11.3 Å². The molecule has 1 atom stereocenters. The van der Waals surface area contributed by atoms with Gasteiger partial charge in [0.05, 0.1) is 6.20 Å². The highest BCUT2D eigenvalue weighted by Crippen LogP contribution is 2.28. The fourth-order valence-corrected chi connectivity index (χ4v) is 2.36. The van der Waals surface area contributed by atoms with E-state index in [0.29, 0.717) is 6.04 Å². The zero-order valence-corrected chi connectivity index (χ0v) is 10.6. The van der Waals surface area contributed by atoms with Gasteiger partial charge in [0.1, 0.15) is 5.01 Å². The Labute approximate surface area is 99.3 Å². The van der Waals surface area contributed by atoms with E-state index >= 15 is 0 Å². The Balaban J connectivity index is 2.24. The smallest absolute Gasteiger partial charge is 0.126 e. The van der Waals surface area contributed by atoms with Crippen LogP contribution in [-0.2, 0) is 6.54 Å². The first-order valence-electron chi connectivity index (χ1n) is 5.40. The maximum atomic E-state index is 4.43. The van der Waals surface area contributed by atoms with E-state index < -0.39 is 0 Å². The monoisotopic (exact) mass is 236 g/mol. The largest absolute Gasteiger partial charge is 0.312 e. The zero-order chi connectivity index (χ0) is 11.5. The highest BCUT2D eigenvalue weighted by molar-refractivity contribution is 7.15. The molecule has 0 saturated heterocycles. The first kappa shape index (κ1) is 11.3. The van der Waals surface area contributed by atoms with Crippen LogP contribution >= 0.6 is 11.3 Å². The van der Waals surface area contributed by atoms with Crippen LogP contribution in [0.3, 0.4) is 0 Å². The molecule has 2 heterocycles. The summed E-state index contributed by atoms with van der Waals surface area (Å²) in [6.45, 7) is 5.10. The van der Waals surface area contributed by atoms with Crippen molar-refractivity contribution in [2.75, 3.05) is 7.05 Å². The molecule has 0 fully saturated rings. The van der Waals surface area contributed by atoms with Crippen LogP contribution < -0.4 is 5.32 Å². The number of thiazole rings is 1. The average Bonchev–Trinajstić information content (AvgIpc) is 2.95. The molecule has 5 heteroatoms. The number of aromatic nitrogens is 3. The van der Waals surface area contributed by atoms with Crippen molar-refractivity contribution in [2.45, 2.75) is 26.4 Å². The highest BCUT2D eigenvalue weighted by Gasteiger charge is 2.10. The molecular formula is C11H16N4S. The van der Waals surface area contributed by atoms with Crippen LogP contribution in [0.25, 0.3) is 10.6 Å². The molecule has 0 spiro atoms. The Morgan fingerprint density at radius 1 is 1.50 bits per heavy atom. The molecule has 4 nitrogen and oxygen atoms in total. The second-order valence-electron chi connectivity index (χ2n) is 3.66. The van der Waals surface area contributed by atoms with E-state index in [9.17, 15) is 0 Å². The Bertz CT molecular complexity index is 460. The summed E-state index contributed by atoms with van der Waals surface area (Å²) in [5.74, 6) is 0. The molecule has 2 aromatic rings. The molecule has 2 aromatic heterocycles. The first-order valence-corrected chi connectivity index (χ1v) is 6.22. The third-order valence-electron chi connectivity index (χ3n) is 2.59. The van der Waals surface area contributed by atoms with Gasteiger partial charge in [-0.3, -0.25) is 4.68 Å². The summed E-state index contributed by atoms with van der Waals surface area (Å²) in [6, 6.07) is 0.354. The second-order valence-corrected chi connectivity index (χ2v) is 4.73. The minimum atomic E-state index is 0.354. The molecule has 1 N–H and O–H groups in total. The molecule has 0 aromatic carbocycles. The summed E-state index contributed by atoms with van der Waals surface area (Å²) in [6.07, 6.45) is 5.84. The van der Waals surface area contributed by atoms with Crippen LogP contribution in [-0.4, -0.2) is 21.8 Å². The predicted octanol–water partition coefficient (Wildman–Crippen LogP) is 2.31. The van der Waals surface area contributed by atoms with Gasteiger partial charge in [-0.1, -0.05) is 0 Å². The summed E-state index contributed by atoms with van der Waals surface area (Å²) >= 11 is 1.72. The second kappa shape index (κ2) is 4.76. The Hall–Kier alpha value is -1.20. The lowest BCUT2D eigenvalue weighted by atomic mass is 10.3. The maximum absolute atomic E-state index is 4.43. The maximum Gasteiger partial charge on any atom is 0.126 e. The standard InChI is InChI=1S/C11H16N4S/c1-4-15-7-9(5-14-15)11-13-6-10(16-11)8(2)12-3/h5-8,12H,4H2,1-3H3. The quantitative estimate of drug-likeness (QED) is 0.885. The predicted molar refractivity (Wildman–Crippen MR) is 66.5 cm³/mol. The Morgan fingerprint density at radius 3 is 2.94 bits per heavy atom. The van der Waals surface area contributed by atoms with Crippen LogP contribution in [0.5, 0.6) is 0 Å². The SMILES string of the molecule is CCn1cc(-c2ncc(C(C)NC)s2)cn1. The van der Waals surface area contributed by atoms with Gasteiger partial charge < -0.3 is 5.32 Å². The van der Waals surface area contributed by atoms with Gasteiger partial charge in [0.25, 0.3) is 0 Å². The van der Waals surface area contributed by atoms with E-state index in [4.69, 9.17) is 0 Å². The molecule has 0 saturated carbocycles. The van der Waals surface area contributed by atoms with Gasteiger partial charge in [0, 0.05) is 35.4 Å². The normalized spacial score (nSPS) is 12.9. The Kier molecular flexibility index (Phi) is 3.36. The third kappa shape index (κ3) is 2.15. The fraction of sp³-hybridized carbons (Fsp3) is 0.455. The number of hydrogen-bond acceptors (Lipinski definition) is 4. The molecule has 2 rings (SSSR count). The average molecular weight is 236 g/mol. The van der Waals surface area contributed by atoms with Crippen molar-refractivity contribution in [3.63, 3.8) is 0 Å². The molecule has 16 heavy (non-hydrogen) atoms. The molecule has 0 bridgehead atoms. The van der Waals surface area contributed by atoms with Gasteiger partial charge in [-0.05, 0) is 20.9 Å². The fourth-order valence-electron chi connectivity index (χ4n) is 1.41. The summed E-state index contributed by atoms with van der Waals surface area (Å²) < 4.78 is 1.91. The van der Waals surface area contributed by atoms with Gasteiger partial charge in [-0.25, -0.2) is 4.98 Å². The number of nitrogens with one attached hydrogen (secondary N) is 1. The van der Waals surface area contributed by atoms with Crippen molar-refractivity contribution in [2.24, 2.45) is 0 Å².